The second-order valence-electron chi connectivity index (χ2n) is 6.09. The van der Waals surface area contributed by atoms with Crippen molar-refractivity contribution in [3.63, 3.8) is 0 Å². The zero-order valence-electron chi connectivity index (χ0n) is 11.2. The minimum atomic E-state index is 0.488. The number of nitrogens with zero attached hydrogens (tertiary/aromatic N) is 1. The van der Waals surface area contributed by atoms with E-state index in [0.717, 1.165) is 15.7 Å². The van der Waals surface area contributed by atoms with E-state index in [9.17, 15) is 5.11 Å². The largest absolute Gasteiger partial charge is 0.507 e. The highest BCUT2D eigenvalue weighted by atomic mass is 16.3. The van der Waals surface area contributed by atoms with Crippen LogP contribution < -0.4 is 4.48 Å². The number of hydrogen-bond donors (Lipinski definition) is 1. The van der Waals surface area contributed by atoms with Gasteiger partial charge in [0.2, 0.25) is 0 Å². The molecule has 0 unspecified atom stereocenters. The van der Waals surface area contributed by atoms with Crippen molar-refractivity contribution in [2.75, 3.05) is 21.1 Å². The molecule has 1 aromatic rings. The highest BCUT2D eigenvalue weighted by Crippen LogP contribution is 2.38. The first-order valence-electron chi connectivity index (χ1n) is 6.63. The molecule has 1 fully saturated rings. The monoisotopic (exact) mass is 234 g/mol. The molecule has 1 aliphatic carbocycles. The Kier molecular flexibility index (Phi) is 3.43. The van der Waals surface area contributed by atoms with Crippen molar-refractivity contribution in [1.29, 1.82) is 0 Å². The lowest BCUT2D eigenvalue weighted by molar-refractivity contribution is 0.411. The molecule has 0 aromatic heterocycles. The van der Waals surface area contributed by atoms with Gasteiger partial charge in [0.25, 0.3) is 0 Å². The molecule has 17 heavy (non-hydrogen) atoms. The molecule has 0 amide bonds. The fourth-order valence-electron chi connectivity index (χ4n) is 2.71. The van der Waals surface area contributed by atoms with Gasteiger partial charge in [-0.15, -0.1) is 0 Å². The molecule has 0 bridgehead atoms. The molecular weight excluding hydrogens is 210 g/mol. The summed E-state index contributed by atoms with van der Waals surface area (Å²) in [6.07, 6.45) is 6.44. The molecule has 2 rings (SSSR count). The number of phenolic OH excluding ortho intramolecular Hbond substituents is 1. The molecule has 1 saturated carbocycles. The molecule has 0 saturated heterocycles. The second-order valence-corrected chi connectivity index (χ2v) is 6.09. The van der Waals surface area contributed by atoms with Crippen molar-refractivity contribution >= 4 is 5.69 Å². The minimum absolute atomic E-state index is 0.488. The summed E-state index contributed by atoms with van der Waals surface area (Å²) < 4.78 is 0.749. The Morgan fingerprint density at radius 2 is 1.71 bits per heavy atom. The highest BCUT2D eigenvalue weighted by Gasteiger charge is 2.21. The predicted octanol–water partition coefficient (Wildman–Crippen LogP) is 3.64. The number of aromatic hydroxyl groups is 1. The molecule has 2 heteroatoms. The molecule has 0 heterocycles. The number of hydrogen-bond acceptors (Lipinski definition) is 1. The summed E-state index contributed by atoms with van der Waals surface area (Å²) in [5.74, 6) is 1.06. The fraction of sp³-hybridized carbons (Fsp3) is 0.600. The molecule has 1 aliphatic rings. The van der Waals surface area contributed by atoms with E-state index in [4.69, 9.17) is 0 Å². The second kappa shape index (κ2) is 4.69. The Morgan fingerprint density at radius 3 is 2.24 bits per heavy atom. The van der Waals surface area contributed by atoms with Gasteiger partial charge in [-0.3, -0.25) is 4.48 Å². The van der Waals surface area contributed by atoms with Crippen LogP contribution in [0, 0.1) is 0 Å². The van der Waals surface area contributed by atoms with Gasteiger partial charge in [0.05, 0.1) is 21.1 Å². The summed E-state index contributed by atoms with van der Waals surface area (Å²) in [5.41, 5.74) is 2.31. The number of rotatable bonds is 2. The van der Waals surface area contributed by atoms with Crippen molar-refractivity contribution in [3.8, 4) is 5.75 Å². The maximum Gasteiger partial charge on any atom is 0.135 e. The summed E-state index contributed by atoms with van der Waals surface area (Å²) in [6.45, 7) is 0. The highest BCUT2D eigenvalue weighted by molar-refractivity contribution is 5.51. The maximum absolute atomic E-state index is 10.2. The van der Waals surface area contributed by atoms with E-state index in [0.29, 0.717) is 11.7 Å². The van der Waals surface area contributed by atoms with Crippen molar-refractivity contribution in [2.45, 2.75) is 38.0 Å². The zero-order chi connectivity index (χ0) is 12.5. The van der Waals surface area contributed by atoms with Crippen LogP contribution in [0.2, 0.25) is 0 Å². The van der Waals surface area contributed by atoms with E-state index in [1.807, 2.05) is 6.07 Å². The maximum atomic E-state index is 10.2. The van der Waals surface area contributed by atoms with Crippen LogP contribution in [0.25, 0.3) is 0 Å². The quantitative estimate of drug-likeness (QED) is 0.775. The van der Waals surface area contributed by atoms with Crippen molar-refractivity contribution in [2.24, 2.45) is 0 Å². The van der Waals surface area contributed by atoms with Crippen molar-refractivity contribution in [1.82, 2.24) is 4.48 Å². The molecule has 0 atom stereocenters. The lowest BCUT2D eigenvalue weighted by Crippen LogP contribution is -2.34. The molecule has 1 aromatic carbocycles. The van der Waals surface area contributed by atoms with Gasteiger partial charge in [0, 0.05) is 6.07 Å². The first-order valence-corrected chi connectivity index (χ1v) is 6.63. The average Bonchev–Trinajstić information content (AvgIpc) is 2.29. The minimum Gasteiger partial charge on any atom is -0.507 e. The van der Waals surface area contributed by atoms with Crippen molar-refractivity contribution < 1.29 is 5.11 Å². The molecule has 0 radical (unpaired) electrons. The van der Waals surface area contributed by atoms with Crippen LogP contribution in [-0.4, -0.2) is 26.2 Å². The normalized spacial score (nSPS) is 18.3. The Bertz CT molecular complexity index is 386. The zero-order valence-corrected chi connectivity index (χ0v) is 11.2. The molecule has 0 aliphatic heterocycles. The van der Waals surface area contributed by atoms with Crippen LogP contribution in [0.3, 0.4) is 0 Å². The molecule has 2 nitrogen and oxygen atoms in total. The number of quaternary nitrogens is 1. The summed E-state index contributed by atoms with van der Waals surface area (Å²) in [7, 11) is 6.36. The predicted molar refractivity (Wildman–Crippen MR) is 73.5 cm³/mol. The van der Waals surface area contributed by atoms with Crippen LogP contribution >= 0.6 is 0 Å². The van der Waals surface area contributed by atoms with Gasteiger partial charge in [-0.1, -0.05) is 19.3 Å². The molecule has 0 spiro atoms. The molecular formula is C15H24NO+. The van der Waals surface area contributed by atoms with Gasteiger partial charge in [0.15, 0.2) is 0 Å². The third-order valence-corrected chi connectivity index (χ3v) is 3.83. The first kappa shape index (κ1) is 12.4. The lowest BCUT2D eigenvalue weighted by Gasteiger charge is -2.26. The third kappa shape index (κ3) is 2.81. The number of benzene rings is 1. The average molecular weight is 234 g/mol. The summed E-state index contributed by atoms with van der Waals surface area (Å²) >= 11 is 0. The van der Waals surface area contributed by atoms with E-state index in [-0.39, 0.29) is 0 Å². The molecule has 1 N–H and O–H groups in total. The van der Waals surface area contributed by atoms with E-state index < -0.39 is 0 Å². The Labute approximate surface area is 104 Å². The van der Waals surface area contributed by atoms with Crippen LogP contribution in [0.4, 0.5) is 5.69 Å². The van der Waals surface area contributed by atoms with Gasteiger partial charge in [-0.25, -0.2) is 0 Å². The van der Waals surface area contributed by atoms with E-state index in [1.54, 1.807) is 0 Å². The Balaban J connectivity index is 2.25. The Hall–Kier alpha value is -1.02. The van der Waals surface area contributed by atoms with Crippen LogP contribution in [-0.2, 0) is 0 Å². The van der Waals surface area contributed by atoms with Gasteiger partial charge >= 0.3 is 0 Å². The summed E-state index contributed by atoms with van der Waals surface area (Å²) in [6, 6.07) is 6.22. The summed E-state index contributed by atoms with van der Waals surface area (Å²) in [4.78, 5) is 0. The number of phenols is 1. The van der Waals surface area contributed by atoms with Crippen LogP contribution in [0.1, 0.15) is 43.6 Å². The first-order chi connectivity index (χ1) is 7.98. The van der Waals surface area contributed by atoms with Gasteiger partial charge < -0.3 is 5.11 Å². The van der Waals surface area contributed by atoms with Crippen LogP contribution in [0.5, 0.6) is 5.75 Å². The van der Waals surface area contributed by atoms with Gasteiger partial charge in [-0.2, -0.15) is 0 Å². The third-order valence-electron chi connectivity index (χ3n) is 3.83. The smallest absolute Gasteiger partial charge is 0.135 e. The van der Waals surface area contributed by atoms with Crippen LogP contribution in [0.15, 0.2) is 18.2 Å². The molecule has 94 valence electrons. The summed E-state index contributed by atoms with van der Waals surface area (Å²) in [5, 5.41) is 10.2. The lowest BCUT2D eigenvalue weighted by atomic mass is 9.83. The SMILES string of the molecule is C[N+](C)(C)c1ccc(C2CCCCC2)c(O)c1. The van der Waals surface area contributed by atoms with Gasteiger partial charge in [0.1, 0.15) is 11.4 Å². The van der Waals surface area contributed by atoms with E-state index in [1.165, 1.54) is 32.1 Å². The topological polar surface area (TPSA) is 20.2 Å². The van der Waals surface area contributed by atoms with E-state index >= 15 is 0 Å². The fourth-order valence-corrected chi connectivity index (χ4v) is 2.71. The van der Waals surface area contributed by atoms with Crippen molar-refractivity contribution in [3.05, 3.63) is 23.8 Å². The Morgan fingerprint density at radius 1 is 1.06 bits per heavy atom. The van der Waals surface area contributed by atoms with E-state index in [2.05, 4.69) is 33.3 Å². The standard InChI is InChI=1S/C15H23NO/c1-16(2,3)13-9-10-14(15(17)11-13)12-7-5-4-6-8-12/h9-12H,4-8H2,1-3H3/p+1. The van der Waals surface area contributed by atoms with Gasteiger partial charge in [-0.05, 0) is 36.5 Å².